The van der Waals surface area contributed by atoms with Crippen LogP contribution in [0.5, 0.6) is 0 Å². The van der Waals surface area contributed by atoms with E-state index in [1.165, 1.54) is 11.3 Å². The van der Waals surface area contributed by atoms with E-state index in [9.17, 15) is 4.79 Å². The fourth-order valence-corrected chi connectivity index (χ4v) is 4.45. The quantitative estimate of drug-likeness (QED) is 0.488. The number of anilines is 2. The molecule has 0 saturated carbocycles. The highest BCUT2D eigenvalue weighted by molar-refractivity contribution is 6.01. The molecular weight excluding hydrogens is 408 g/mol. The molecule has 0 atom stereocenters. The van der Waals surface area contributed by atoms with Gasteiger partial charge < -0.3 is 15.1 Å². The molecule has 3 aromatic carbocycles. The monoisotopic (exact) mass is 436 g/mol. The van der Waals surface area contributed by atoms with Crippen LogP contribution in [-0.2, 0) is 6.54 Å². The van der Waals surface area contributed by atoms with Gasteiger partial charge in [0.25, 0.3) is 5.91 Å². The fraction of sp³-hybridized carbons (Fsp3) is 0.214. The number of fused-ring (bicyclic) bond motifs is 1. The minimum atomic E-state index is -0.0659. The predicted octanol–water partition coefficient (Wildman–Crippen LogP) is 4.80. The Morgan fingerprint density at radius 1 is 0.879 bits per heavy atom. The summed E-state index contributed by atoms with van der Waals surface area (Å²) < 4.78 is 0. The van der Waals surface area contributed by atoms with Crippen molar-refractivity contribution in [3.05, 3.63) is 102 Å². The van der Waals surface area contributed by atoms with Gasteiger partial charge in [-0.1, -0.05) is 48.5 Å². The van der Waals surface area contributed by atoms with Gasteiger partial charge in [-0.2, -0.15) is 0 Å². The zero-order valence-corrected chi connectivity index (χ0v) is 18.9. The highest BCUT2D eigenvalue weighted by Crippen LogP contribution is 2.27. The van der Waals surface area contributed by atoms with Crippen molar-refractivity contribution in [3.8, 4) is 0 Å². The number of hydrogen-bond acceptors (Lipinski definition) is 4. The molecule has 4 aromatic rings. The van der Waals surface area contributed by atoms with E-state index in [1.807, 2.05) is 48.7 Å². The summed E-state index contributed by atoms with van der Waals surface area (Å²) in [6.45, 7) is 6.25. The summed E-state index contributed by atoms with van der Waals surface area (Å²) in [6.07, 6.45) is 1.86. The van der Waals surface area contributed by atoms with Gasteiger partial charge in [-0.15, -0.1) is 0 Å². The molecule has 1 fully saturated rings. The summed E-state index contributed by atoms with van der Waals surface area (Å²) >= 11 is 0. The lowest BCUT2D eigenvalue weighted by Gasteiger charge is -2.37. The summed E-state index contributed by atoms with van der Waals surface area (Å²) in [4.78, 5) is 22.4. The Hall–Kier alpha value is -3.86. The van der Waals surface area contributed by atoms with Gasteiger partial charge in [0.05, 0.1) is 0 Å². The van der Waals surface area contributed by atoms with Crippen LogP contribution in [0.1, 0.15) is 21.5 Å². The summed E-state index contributed by atoms with van der Waals surface area (Å²) in [7, 11) is 0. The average Bonchev–Trinajstić information content (AvgIpc) is 2.88. The number of pyridine rings is 1. The van der Waals surface area contributed by atoms with E-state index in [-0.39, 0.29) is 5.91 Å². The lowest BCUT2D eigenvalue weighted by molar-refractivity contribution is 0.0951. The van der Waals surface area contributed by atoms with E-state index >= 15 is 0 Å². The predicted molar refractivity (Wildman–Crippen MR) is 135 cm³/mol. The molecule has 33 heavy (non-hydrogen) atoms. The summed E-state index contributed by atoms with van der Waals surface area (Å²) in [5, 5.41) is 5.18. The van der Waals surface area contributed by atoms with Crippen molar-refractivity contribution in [1.82, 2.24) is 10.3 Å². The Balaban J connectivity index is 1.33. The number of hydrogen-bond donors (Lipinski definition) is 1. The third kappa shape index (κ3) is 4.53. The maximum atomic E-state index is 12.9. The second-order valence-corrected chi connectivity index (χ2v) is 8.49. The van der Waals surface area contributed by atoms with E-state index in [2.05, 4.69) is 58.4 Å². The Morgan fingerprint density at radius 2 is 1.61 bits per heavy atom. The lowest BCUT2D eigenvalue weighted by atomic mass is 10.1. The van der Waals surface area contributed by atoms with Gasteiger partial charge in [0.1, 0.15) is 5.82 Å². The van der Waals surface area contributed by atoms with Crippen LogP contribution in [0.4, 0.5) is 11.5 Å². The minimum Gasteiger partial charge on any atom is -0.368 e. The molecule has 5 nitrogen and oxygen atoms in total. The van der Waals surface area contributed by atoms with Crippen molar-refractivity contribution in [2.45, 2.75) is 13.5 Å². The number of carbonyl (C=O) groups is 1. The van der Waals surface area contributed by atoms with Crippen LogP contribution in [0.15, 0.2) is 85.1 Å². The van der Waals surface area contributed by atoms with Gasteiger partial charge in [-0.05, 0) is 53.8 Å². The highest BCUT2D eigenvalue weighted by atomic mass is 16.1. The van der Waals surface area contributed by atoms with E-state index in [1.54, 1.807) is 0 Å². The first-order chi connectivity index (χ1) is 16.2. The number of benzene rings is 3. The van der Waals surface area contributed by atoms with Gasteiger partial charge in [0.15, 0.2) is 0 Å². The maximum Gasteiger partial charge on any atom is 0.251 e. The van der Waals surface area contributed by atoms with Crippen molar-refractivity contribution in [1.29, 1.82) is 0 Å². The molecule has 0 aliphatic carbocycles. The topological polar surface area (TPSA) is 48.5 Å². The van der Waals surface area contributed by atoms with Gasteiger partial charge >= 0.3 is 0 Å². The molecule has 0 radical (unpaired) electrons. The van der Waals surface area contributed by atoms with Crippen molar-refractivity contribution < 1.29 is 4.79 Å². The van der Waals surface area contributed by atoms with Crippen molar-refractivity contribution in [2.75, 3.05) is 36.0 Å². The van der Waals surface area contributed by atoms with Gasteiger partial charge in [0.2, 0.25) is 0 Å². The fourth-order valence-electron chi connectivity index (χ4n) is 4.45. The third-order valence-electron chi connectivity index (χ3n) is 6.41. The van der Waals surface area contributed by atoms with Crippen LogP contribution in [0.3, 0.4) is 0 Å². The molecule has 0 unspecified atom stereocenters. The number of aryl methyl sites for hydroxylation is 1. The van der Waals surface area contributed by atoms with Crippen LogP contribution in [0, 0.1) is 6.92 Å². The second kappa shape index (κ2) is 9.33. The number of aromatic nitrogens is 1. The van der Waals surface area contributed by atoms with Crippen molar-refractivity contribution in [3.63, 3.8) is 0 Å². The summed E-state index contributed by atoms with van der Waals surface area (Å²) in [5.74, 6) is 0.887. The number of nitrogens with one attached hydrogen (secondary N) is 1. The molecule has 1 N–H and O–H groups in total. The van der Waals surface area contributed by atoms with Gasteiger partial charge in [-0.3, -0.25) is 4.79 Å². The van der Waals surface area contributed by atoms with Crippen LogP contribution in [-0.4, -0.2) is 37.1 Å². The first kappa shape index (κ1) is 21.0. The Kier molecular flexibility index (Phi) is 5.94. The lowest BCUT2D eigenvalue weighted by Crippen LogP contribution is -2.46. The normalized spacial score (nSPS) is 13.8. The van der Waals surface area contributed by atoms with E-state index in [4.69, 9.17) is 4.98 Å². The Morgan fingerprint density at radius 3 is 2.39 bits per heavy atom. The molecule has 1 saturated heterocycles. The molecule has 166 valence electrons. The van der Waals surface area contributed by atoms with E-state index < -0.39 is 0 Å². The third-order valence-corrected chi connectivity index (χ3v) is 6.41. The molecule has 2 heterocycles. The number of nitrogens with zero attached hydrogens (tertiary/aromatic N) is 3. The molecule has 0 spiro atoms. The summed E-state index contributed by atoms with van der Waals surface area (Å²) in [5.41, 5.74) is 4.23. The zero-order chi connectivity index (χ0) is 22.6. The largest absolute Gasteiger partial charge is 0.368 e. The van der Waals surface area contributed by atoms with Crippen LogP contribution in [0.25, 0.3) is 10.8 Å². The number of amides is 1. The van der Waals surface area contributed by atoms with Crippen molar-refractivity contribution >= 4 is 28.2 Å². The van der Waals surface area contributed by atoms with Crippen molar-refractivity contribution in [2.24, 2.45) is 0 Å². The number of piperazine rings is 1. The minimum absolute atomic E-state index is 0.0659. The van der Waals surface area contributed by atoms with E-state index in [0.29, 0.717) is 12.1 Å². The van der Waals surface area contributed by atoms with Crippen LogP contribution in [0.2, 0.25) is 0 Å². The van der Waals surface area contributed by atoms with Gasteiger partial charge in [-0.25, -0.2) is 4.98 Å². The molecule has 1 amide bonds. The maximum absolute atomic E-state index is 12.9. The zero-order valence-electron chi connectivity index (χ0n) is 18.9. The number of rotatable bonds is 5. The van der Waals surface area contributed by atoms with Gasteiger partial charge in [0, 0.05) is 55.6 Å². The second-order valence-electron chi connectivity index (χ2n) is 8.49. The molecule has 1 aliphatic rings. The molecular formula is C28H28N4O. The van der Waals surface area contributed by atoms with Crippen LogP contribution >= 0.6 is 0 Å². The Bertz CT molecular complexity index is 1260. The standard InChI is InChI=1S/C28H28N4O/c1-21-7-5-6-8-24(21)20-30-28(33)23-12-11-22-13-14-29-27(26(22)19-23)32-17-15-31(16-18-32)25-9-3-2-4-10-25/h2-14,19H,15-18,20H2,1H3,(H,30,33). The number of para-hydroxylation sites is 1. The number of carbonyl (C=O) groups excluding carboxylic acids is 1. The molecule has 5 heteroatoms. The SMILES string of the molecule is Cc1ccccc1CNC(=O)c1ccc2ccnc(N3CCN(c4ccccc4)CC3)c2c1. The highest BCUT2D eigenvalue weighted by Gasteiger charge is 2.20. The van der Waals surface area contributed by atoms with Crippen LogP contribution < -0.4 is 15.1 Å². The average molecular weight is 437 g/mol. The first-order valence-corrected chi connectivity index (χ1v) is 11.5. The Labute approximate surface area is 194 Å². The molecule has 1 aliphatic heterocycles. The van der Waals surface area contributed by atoms with E-state index in [0.717, 1.165) is 48.3 Å². The summed E-state index contributed by atoms with van der Waals surface area (Å²) in [6, 6.07) is 26.6. The smallest absolute Gasteiger partial charge is 0.251 e. The molecule has 0 bridgehead atoms. The molecule has 1 aromatic heterocycles. The first-order valence-electron chi connectivity index (χ1n) is 11.5. The molecule has 5 rings (SSSR count).